The number of nitrogens with zero attached hydrogens (tertiary/aromatic N) is 1. The second kappa shape index (κ2) is 5.83. The minimum absolute atomic E-state index is 0.153. The molecule has 1 aromatic carbocycles. The molecule has 2 atom stereocenters. The third-order valence-electron chi connectivity index (χ3n) is 4.10. The molecule has 2 rings (SSSR count). The maximum Gasteiger partial charge on any atom is 0.333 e. The van der Waals surface area contributed by atoms with Crippen molar-refractivity contribution in [3.63, 3.8) is 0 Å². The number of rotatable bonds is 4. The Morgan fingerprint density at radius 1 is 1.50 bits per heavy atom. The molecule has 0 radical (unpaired) electrons. The van der Waals surface area contributed by atoms with Gasteiger partial charge in [0.1, 0.15) is 5.54 Å². The smallest absolute Gasteiger partial charge is 0.333 e. The van der Waals surface area contributed by atoms with E-state index in [1.807, 2.05) is 45.2 Å². The number of likely N-dealkylation sites (tertiary alicyclic amines) is 1. The molecule has 1 aliphatic rings. The van der Waals surface area contributed by atoms with Crippen LogP contribution in [0.2, 0.25) is 0 Å². The van der Waals surface area contributed by atoms with E-state index in [1.54, 1.807) is 0 Å². The average Bonchev–Trinajstić information content (AvgIpc) is 2.69. The second-order valence-corrected chi connectivity index (χ2v) is 5.71. The molecule has 1 fully saturated rings. The summed E-state index contributed by atoms with van der Waals surface area (Å²) in [5.41, 5.74) is 1.50. The second-order valence-electron chi connectivity index (χ2n) is 5.71. The Morgan fingerprint density at radius 3 is 2.75 bits per heavy atom. The molecule has 1 heterocycles. The molecule has 1 aliphatic heterocycles. The summed E-state index contributed by atoms with van der Waals surface area (Å²) in [5.74, 6) is -0.153. The van der Waals surface area contributed by atoms with Gasteiger partial charge in [0.2, 0.25) is 0 Å². The number of nitrogens with one attached hydrogen (secondary N) is 1. The number of carbonyl (C=O) groups excluding carboxylic acids is 1. The molecule has 4 heteroatoms. The first-order chi connectivity index (χ1) is 9.48. The van der Waals surface area contributed by atoms with Crippen molar-refractivity contribution in [1.82, 2.24) is 4.90 Å². The molecule has 2 unspecified atom stereocenters. The molecule has 1 saturated heterocycles. The summed E-state index contributed by atoms with van der Waals surface area (Å²) in [6, 6.07) is 8.40. The molecule has 0 saturated carbocycles. The highest BCUT2D eigenvalue weighted by atomic mass is 16.5. The van der Waals surface area contributed by atoms with Gasteiger partial charge in [-0.2, -0.15) is 0 Å². The lowest BCUT2D eigenvalue weighted by molar-refractivity contribution is -0.148. The minimum Gasteiger partial charge on any atom is -0.464 e. The number of hydrogen-bond acceptors (Lipinski definition) is 4. The summed E-state index contributed by atoms with van der Waals surface area (Å²) in [7, 11) is 2.05. The topological polar surface area (TPSA) is 41.6 Å². The van der Waals surface area contributed by atoms with Crippen molar-refractivity contribution < 1.29 is 9.53 Å². The van der Waals surface area contributed by atoms with E-state index in [0.717, 1.165) is 17.7 Å². The highest BCUT2D eigenvalue weighted by Gasteiger charge is 2.48. The number of para-hydroxylation sites is 1. The van der Waals surface area contributed by atoms with E-state index >= 15 is 0 Å². The average molecular weight is 276 g/mol. The van der Waals surface area contributed by atoms with Crippen LogP contribution in [-0.2, 0) is 9.53 Å². The van der Waals surface area contributed by atoms with E-state index in [-0.39, 0.29) is 5.97 Å². The third kappa shape index (κ3) is 2.80. The largest absolute Gasteiger partial charge is 0.464 e. The van der Waals surface area contributed by atoms with Gasteiger partial charge >= 0.3 is 5.97 Å². The first-order valence-electron chi connectivity index (χ1n) is 7.20. The van der Waals surface area contributed by atoms with Gasteiger partial charge in [-0.1, -0.05) is 18.2 Å². The lowest BCUT2D eigenvalue weighted by atomic mass is 9.95. The maximum atomic E-state index is 12.5. The van der Waals surface area contributed by atoms with E-state index in [4.69, 9.17) is 4.74 Å². The Hall–Kier alpha value is -1.55. The molecule has 1 N–H and O–H groups in total. The van der Waals surface area contributed by atoms with Crippen LogP contribution in [0.1, 0.15) is 25.8 Å². The SMILES string of the molecule is CCOC(=O)C1(Nc2ccccc2C)CC(C)N(C)C1. The lowest BCUT2D eigenvalue weighted by Crippen LogP contribution is -2.49. The molecule has 0 aliphatic carbocycles. The molecule has 0 amide bonds. The zero-order chi connectivity index (χ0) is 14.8. The first-order valence-corrected chi connectivity index (χ1v) is 7.20. The fraction of sp³-hybridized carbons (Fsp3) is 0.562. The van der Waals surface area contributed by atoms with Gasteiger partial charge in [-0.15, -0.1) is 0 Å². The van der Waals surface area contributed by atoms with Crippen molar-refractivity contribution in [3.05, 3.63) is 29.8 Å². The van der Waals surface area contributed by atoms with Crippen LogP contribution in [0, 0.1) is 6.92 Å². The number of esters is 1. The van der Waals surface area contributed by atoms with E-state index < -0.39 is 5.54 Å². The zero-order valence-corrected chi connectivity index (χ0v) is 12.8. The molecular weight excluding hydrogens is 252 g/mol. The quantitative estimate of drug-likeness (QED) is 0.858. The van der Waals surface area contributed by atoms with Crippen LogP contribution in [0.5, 0.6) is 0 Å². The van der Waals surface area contributed by atoms with Crippen LogP contribution in [-0.4, -0.2) is 42.6 Å². The Balaban J connectivity index is 2.29. The van der Waals surface area contributed by atoms with E-state index in [0.29, 0.717) is 19.2 Å². The number of likely N-dealkylation sites (N-methyl/N-ethyl adjacent to an activating group) is 1. The Morgan fingerprint density at radius 2 is 2.20 bits per heavy atom. The van der Waals surface area contributed by atoms with E-state index in [2.05, 4.69) is 17.1 Å². The van der Waals surface area contributed by atoms with Crippen molar-refractivity contribution in [2.75, 3.05) is 25.5 Å². The lowest BCUT2D eigenvalue weighted by Gasteiger charge is -2.29. The Kier molecular flexibility index (Phi) is 4.33. The van der Waals surface area contributed by atoms with Gasteiger partial charge in [0.05, 0.1) is 6.61 Å². The molecule has 110 valence electrons. The molecule has 0 bridgehead atoms. The van der Waals surface area contributed by atoms with Crippen LogP contribution in [0.4, 0.5) is 5.69 Å². The van der Waals surface area contributed by atoms with Gasteiger partial charge < -0.3 is 15.0 Å². The van der Waals surface area contributed by atoms with Crippen molar-refractivity contribution in [2.24, 2.45) is 0 Å². The molecule has 4 nitrogen and oxygen atoms in total. The third-order valence-corrected chi connectivity index (χ3v) is 4.10. The highest BCUT2D eigenvalue weighted by molar-refractivity contribution is 5.86. The van der Waals surface area contributed by atoms with Crippen molar-refractivity contribution >= 4 is 11.7 Å². The van der Waals surface area contributed by atoms with E-state index in [9.17, 15) is 4.79 Å². The number of carbonyl (C=O) groups is 1. The summed E-state index contributed by atoms with van der Waals surface area (Å²) in [6.45, 7) is 7.11. The fourth-order valence-corrected chi connectivity index (χ4v) is 2.84. The van der Waals surface area contributed by atoms with Gasteiger partial charge in [-0.3, -0.25) is 0 Å². The van der Waals surface area contributed by atoms with E-state index in [1.165, 1.54) is 0 Å². The van der Waals surface area contributed by atoms with Crippen molar-refractivity contribution in [3.8, 4) is 0 Å². The monoisotopic (exact) mass is 276 g/mol. The Labute approximate surface area is 121 Å². The first kappa shape index (κ1) is 14.9. The molecule has 1 aromatic rings. The number of aryl methyl sites for hydroxylation is 1. The predicted octanol–water partition coefficient (Wildman–Crippen LogP) is 2.43. The van der Waals surface area contributed by atoms with Crippen LogP contribution in [0.3, 0.4) is 0 Å². The van der Waals surface area contributed by atoms with Gasteiger partial charge in [-0.05, 0) is 45.9 Å². The predicted molar refractivity (Wildman–Crippen MR) is 80.9 cm³/mol. The summed E-state index contributed by atoms with van der Waals surface area (Å²) in [6.07, 6.45) is 0.761. The summed E-state index contributed by atoms with van der Waals surface area (Å²) in [4.78, 5) is 14.7. The van der Waals surface area contributed by atoms with Crippen LogP contribution in [0.15, 0.2) is 24.3 Å². The standard InChI is InChI=1S/C16H24N2O2/c1-5-20-15(19)16(10-13(3)18(4)11-16)17-14-9-7-6-8-12(14)2/h6-9,13,17H,5,10-11H2,1-4H3. The molecular formula is C16H24N2O2. The van der Waals surface area contributed by atoms with Crippen LogP contribution in [0.25, 0.3) is 0 Å². The summed E-state index contributed by atoms with van der Waals surface area (Å²) >= 11 is 0. The van der Waals surface area contributed by atoms with Crippen LogP contribution >= 0.6 is 0 Å². The molecule has 0 spiro atoms. The maximum absolute atomic E-state index is 12.5. The van der Waals surface area contributed by atoms with Crippen molar-refractivity contribution in [1.29, 1.82) is 0 Å². The number of ether oxygens (including phenoxy) is 1. The van der Waals surface area contributed by atoms with Gasteiger partial charge in [0.25, 0.3) is 0 Å². The minimum atomic E-state index is -0.643. The van der Waals surface area contributed by atoms with Gasteiger partial charge in [0.15, 0.2) is 0 Å². The zero-order valence-electron chi connectivity index (χ0n) is 12.8. The number of hydrogen-bond donors (Lipinski definition) is 1. The number of benzene rings is 1. The number of anilines is 1. The van der Waals surface area contributed by atoms with Gasteiger partial charge in [-0.25, -0.2) is 4.79 Å². The fourth-order valence-electron chi connectivity index (χ4n) is 2.84. The van der Waals surface area contributed by atoms with Gasteiger partial charge in [0, 0.05) is 18.3 Å². The molecule has 0 aromatic heterocycles. The Bertz CT molecular complexity index is 477. The normalized spacial score (nSPS) is 26.5. The van der Waals surface area contributed by atoms with Crippen LogP contribution < -0.4 is 5.32 Å². The molecule has 20 heavy (non-hydrogen) atoms. The summed E-state index contributed by atoms with van der Waals surface area (Å²) in [5, 5.41) is 3.45. The summed E-state index contributed by atoms with van der Waals surface area (Å²) < 4.78 is 5.31. The van der Waals surface area contributed by atoms with Crippen molar-refractivity contribution in [2.45, 2.75) is 38.8 Å². The highest BCUT2D eigenvalue weighted by Crippen LogP contribution is 2.32.